The molecule has 2 rings (SSSR count). The van der Waals surface area contributed by atoms with Crippen LogP contribution in [0.5, 0.6) is 0 Å². The van der Waals surface area contributed by atoms with Crippen molar-refractivity contribution in [2.75, 3.05) is 19.6 Å². The van der Waals surface area contributed by atoms with Gasteiger partial charge in [-0.3, -0.25) is 4.90 Å². The normalized spacial score (nSPS) is 29.5. The van der Waals surface area contributed by atoms with Gasteiger partial charge in [0.1, 0.15) is 0 Å². The highest BCUT2D eigenvalue weighted by atomic mass is 15.3. The molecular formula is C9H12N2. The molecule has 1 aliphatic heterocycles. The summed E-state index contributed by atoms with van der Waals surface area (Å²) in [5.41, 5.74) is 0.749. The van der Waals surface area contributed by atoms with E-state index in [1.165, 1.54) is 13.1 Å². The molecule has 11 heavy (non-hydrogen) atoms. The molecule has 1 fully saturated rings. The summed E-state index contributed by atoms with van der Waals surface area (Å²) in [6, 6.07) is 0. The maximum absolute atomic E-state index is 7.60. The Bertz CT molecular complexity index is 224. The van der Waals surface area contributed by atoms with E-state index in [4.69, 9.17) is 5.41 Å². The second kappa shape index (κ2) is 2.62. The van der Waals surface area contributed by atoms with Crippen molar-refractivity contribution in [1.29, 1.82) is 5.41 Å². The summed E-state index contributed by atoms with van der Waals surface area (Å²) in [5.74, 6) is 0.350. The Kier molecular flexibility index (Phi) is 1.62. The number of allylic oxidation sites excluding steroid dienone is 3. The van der Waals surface area contributed by atoms with Gasteiger partial charge in [0.15, 0.2) is 0 Å². The molecule has 0 radical (unpaired) electrons. The van der Waals surface area contributed by atoms with E-state index in [1.54, 1.807) is 0 Å². The van der Waals surface area contributed by atoms with Gasteiger partial charge in [-0.15, -0.1) is 0 Å². The SMILES string of the molecule is N=C1C=CC=CC1CN1CC1. The molecule has 1 saturated heterocycles. The quantitative estimate of drug-likeness (QED) is 0.582. The molecule has 2 heteroatoms. The number of hydrogen-bond acceptors (Lipinski definition) is 2. The van der Waals surface area contributed by atoms with Gasteiger partial charge in [-0.2, -0.15) is 0 Å². The lowest BCUT2D eigenvalue weighted by Crippen LogP contribution is -2.20. The Balaban J connectivity index is 1.95. The van der Waals surface area contributed by atoms with Gasteiger partial charge < -0.3 is 5.41 Å². The van der Waals surface area contributed by atoms with Crippen LogP contribution in [0.25, 0.3) is 0 Å². The lowest BCUT2D eigenvalue weighted by atomic mass is 9.99. The Labute approximate surface area is 66.7 Å². The van der Waals surface area contributed by atoms with Gasteiger partial charge in [-0.1, -0.05) is 18.2 Å². The van der Waals surface area contributed by atoms with Gasteiger partial charge in [-0.05, 0) is 6.08 Å². The van der Waals surface area contributed by atoms with Crippen LogP contribution < -0.4 is 0 Å². The fraction of sp³-hybridized carbons (Fsp3) is 0.444. The number of nitrogens with zero attached hydrogens (tertiary/aromatic N) is 1. The molecule has 1 N–H and O–H groups in total. The lowest BCUT2D eigenvalue weighted by molar-refractivity contribution is 0.527. The first kappa shape index (κ1) is 6.80. The molecule has 1 aliphatic carbocycles. The average Bonchev–Trinajstić information content (AvgIpc) is 2.78. The zero-order valence-corrected chi connectivity index (χ0v) is 6.46. The predicted molar refractivity (Wildman–Crippen MR) is 45.9 cm³/mol. The van der Waals surface area contributed by atoms with Crippen LogP contribution in [0.1, 0.15) is 0 Å². The van der Waals surface area contributed by atoms with Crippen molar-refractivity contribution >= 4 is 5.71 Å². The van der Waals surface area contributed by atoms with Crippen molar-refractivity contribution in [1.82, 2.24) is 4.90 Å². The Hall–Kier alpha value is -0.890. The highest BCUT2D eigenvalue weighted by molar-refractivity contribution is 5.96. The monoisotopic (exact) mass is 148 g/mol. The first-order chi connectivity index (χ1) is 5.36. The van der Waals surface area contributed by atoms with Gasteiger partial charge in [0, 0.05) is 31.3 Å². The van der Waals surface area contributed by atoms with Crippen LogP contribution in [0.3, 0.4) is 0 Å². The summed E-state index contributed by atoms with van der Waals surface area (Å²) in [6.45, 7) is 3.49. The second-order valence-corrected chi connectivity index (χ2v) is 3.11. The predicted octanol–water partition coefficient (Wildman–Crippen LogP) is 1.06. The fourth-order valence-corrected chi connectivity index (χ4v) is 1.28. The van der Waals surface area contributed by atoms with Crippen LogP contribution in [0.2, 0.25) is 0 Å². The van der Waals surface area contributed by atoms with Gasteiger partial charge in [0.25, 0.3) is 0 Å². The zero-order valence-electron chi connectivity index (χ0n) is 6.46. The Morgan fingerprint density at radius 2 is 2.27 bits per heavy atom. The Morgan fingerprint density at radius 3 is 2.91 bits per heavy atom. The molecule has 1 heterocycles. The van der Waals surface area contributed by atoms with Crippen LogP contribution >= 0.6 is 0 Å². The van der Waals surface area contributed by atoms with E-state index in [0.29, 0.717) is 5.92 Å². The van der Waals surface area contributed by atoms with Gasteiger partial charge in [0.2, 0.25) is 0 Å². The molecule has 58 valence electrons. The van der Waals surface area contributed by atoms with Gasteiger partial charge >= 0.3 is 0 Å². The van der Waals surface area contributed by atoms with E-state index in [0.717, 1.165) is 12.3 Å². The highest BCUT2D eigenvalue weighted by Crippen LogP contribution is 2.14. The molecule has 0 bridgehead atoms. The molecule has 0 aromatic carbocycles. The molecule has 2 aliphatic rings. The summed E-state index contributed by atoms with van der Waals surface area (Å²) in [4.78, 5) is 2.35. The van der Waals surface area contributed by atoms with Crippen molar-refractivity contribution in [3.63, 3.8) is 0 Å². The third-order valence-electron chi connectivity index (χ3n) is 2.12. The van der Waals surface area contributed by atoms with Crippen molar-refractivity contribution in [2.24, 2.45) is 5.92 Å². The summed E-state index contributed by atoms with van der Waals surface area (Å²) < 4.78 is 0. The second-order valence-electron chi connectivity index (χ2n) is 3.11. The zero-order chi connectivity index (χ0) is 7.68. The minimum absolute atomic E-state index is 0.350. The smallest absolute Gasteiger partial charge is 0.0395 e. The first-order valence-electron chi connectivity index (χ1n) is 4.02. The molecule has 0 amide bonds. The summed E-state index contributed by atoms with van der Waals surface area (Å²) in [7, 11) is 0. The fourth-order valence-electron chi connectivity index (χ4n) is 1.28. The third kappa shape index (κ3) is 1.57. The van der Waals surface area contributed by atoms with E-state index in [9.17, 15) is 0 Å². The summed E-state index contributed by atoms with van der Waals surface area (Å²) >= 11 is 0. The van der Waals surface area contributed by atoms with Gasteiger partial charge in [0.05, 0.1) is 0 Å². The molecule has 1 unspecified atom stereocenters. The molecule has 0 saturated carbocycles. The molecule has 1 atom stereocenters. The van der Waals surface area contributed by atoms with E-state index < -0.39 is 0 Å². The van der Waals surface area contributed by atoms with Crippen molar-refractivity contribution in [3.8, 4) is 0 Å². The summed E-state index contributed by atoms with van der Waals surface area (Å²) in [5, 5.41) is 7.60. The van der Waals surface area contributed by atoms with Crippen LogP contribution in [0.15, 0.2) is 24.3 Å². The highest BCUT2D eigenvalue weighted by Gasteiger charge is 2.22. The largest absolute Gasteiger partial charge is 0.305 e. The first-order valence-corrected chi connectivity index (χ1v) is 4.02. The minimum Gasteiger partial charge on any atom is -0.305 e. The topological polar surface area (TPSA) is 26.9 Å². The lowest BCUT2D eigenvalue weighted by Gasteiger charge is -2.13. The van der Waals surface area contributed by atoms with Crippen LogP contribution in [0.4, 0.5) is 0 Å². The van der Waals surface area contributed by atoms with Crippen LogP contribution in [-0.4, -0.2) is 30.2 Å². The molecule has 0 spiro atoms. The molecule has 0 aromatic rings. The molecule has 2 nitrogen and oxygen atoms in total. The van der Waals surface area contributed by atoms with E-state index in [1.807, 2.05) is 18.2 Å². The molecule has 0 aromatic heterocycles. The minimum atomic E-state index is 0.350. The van der Waals surface area contributed by atoms with E-state index in [-0.39, 0.29) is 0 Å². The number of hydrogen-bond donors (Lipinski definition) is 1. The maximum Gasteiger partial charge on any atom is 0.0395 e. The van der Waals surface area contributed by atoms with E-state index >= 15 is 0 Å². The van der Waals surface area contributed by atoms with Gasteiger partial charge in [-0.25, -0.2) is 0 Å². The van der Waals surface area contributed by atoms with E-state index in [2.05, 4.69) is 11.0 Å². The average molecular weight is 148 g/mol. The van der Waals surface area contributed by atoms with Crippen LogP contribution in [-0.2, 0) is 0 Å². The summed E-state index contributed by atoms with van der Waals surface area (Å²) in [6.07, 6.45) is 7.96. The maximum atomic E-state index is 7.60. The standard InChI is InChI=1S/C9H12N2/c10-9-4-2-1-3-8(9)7-11-5-6-11/h1-4,8,10H,5-7H2. The molecular weight excluding hydrogens is 136 g/mol. The van der Waals surface area contributed by atoms with Crippen molar-refractivity contribution < 1.29 is 0 Å². The Morgan fingerprint density at radius 1 is 1.45 bits per heavy atom. The number of nitrogens with one attached hydrogen (secondary N) is 1. The number of rotatable bonds is 2. The third-order valence-corrected chi connectivity index (χ3v) is 2.12. The van der Waals surface area contributed by atoms with Crippen LogP contribution in [0, 0.1) is 11.3 Å². The van der Waals surface area contributed by atoms with Crippen molar-refractivity contribution in [2.45, 2.75) is 0 Å². The van der Waals surface area contributed by atoms with Crippen molar-refractivity contribution in [3.05, 3.63) is 24.3 Å².